The fourth-order valence-electron chi connectivity index (χ4n) is 2.32. The zero-order valence-electron chi connectivity index (χ0n) is 14.4. The Labute approximate surface area is 153 Å². The van der Waals surface area contributed by atoms with Gasteiger partial charge in [-0.1, -0.05) is 18.2 Å². The zero-order valence-corrected chi connectivity index (χ0v) is 14.4. The smallest absolute Gasteiger partial charge is 0.348 e. The fraction of sp³-hybridized carbons (Fsp3) is 0.235. The molecular formula is C17H15N3O7. The summed E-state index contributed by atoms with van der Waals surface area (Å²) in [7, 11) is 0. The molecule has 0 N–H and O–H groups in total. The first-order chi connectivity index (χ1) is 12.7. The van der Waals surface area contributed by atoms with E-state index in [-0.39, 0.29) is 18.0 Å². The van der Waals surface area contributed by atoms with Crippen LogP contribution in [0.15, 0.2) is 42.2 Å². The molecule has 1 aliphatic rings. The van der Waals surface area contributed by atoms with Gasteiger partial charge in [-0.2, -0.15) is 5.10 Å². The van der Waals surface area contributed by atoms with Crippen molar-refractivity contribution in [1.29, 1.82) is 0 Å². The molecule has 2 aromatic rings. The number of rotatable bonds is 5. The van der Waals surface area contributed by atoms with Crippen LogP contribution >= 0.6 is 0 Å². The van der Waals surface area contributed by atoms with E-state index in [0.29, 0.717) is 11.3 Å². The maximum Gasteiger partial charge on any atom is 0.348 e. The number of nitrogens with zero attached hydrogens (tertiary/aromatic N) is 3. The third kappa shape index (κ3) is 4.11. The van der Waals surface area contributed by atoms with Crippen molar-refractivity contribution in [3.05, 3.63) is 57.9 Å². The molecule has 0 spiro atoms. The van der Waals surface area contributed by atoms with Crippen molar-refractivity contribution in [3.63, 3.8) is 0 Å². The van der Waals surface area contributed by atoms with Crippen molar-refractivity contribution in [1.82, 2.24) is 9.78 Å². The Morgan fingerprint density at radius 3 is 2.56 bits per heavy atom. The van der Waals surface area contributed by atoms with Crippen molar-refractivity contribution < 1.29 is 28.7 Å². The van der Waals surface area contributed by atoms with E-state index in [1.54, 1.807) is 24.3 Å². The normalized spacial score (nSPS) is 15.7. The van der Waals surface area contributed by atoms with Crippen molar-refractivity contribution in [3.8, 4) is 5.75 Å². The number of carbonyl (C=O) groups excluding carboxylic acids is 2. The second kappa shape index (κ2) is 6.90. The first-order valence-electron chi connectivity index (χ1n) is 7.82. The second-order valence-corrected chi connectivity index (χ2v) is 6.04. The number of esters is 2. The number of ether oxygens (including phenoxy) is 3. The number of cyclic esters (lactones) is 2. The van der Waals surface area contributed by atoms with Gasteiger partial charge in [0, 0.05) is 19.4 Å². The third-order valence-electron chi connectivity index (χ3n) is 3.52. The Morgan fingerprint density at radius 1 is 1.26 bits per heavy atom. The molecule has 140 valence electrons. The number of hydrogen-bond donors (Lipinski definition) is 0. The molecule has 0 amide bonds. The molecule has 27 heavy (non-hydrogen) atoms. The highest BCUT2D eigenvalue weighted by molar-refractivity contribution is 6.19. The van der Waals surface area contributed by atoms with Gasteiger partial charge in [-0.3, -0.25) is 10.1 Å². The molecule has 0 aliphatic carbocycles. The van der Waals surface area contributed by atoms with E-state index in [4.69, 9.17) is 14.2 Å². The second-order valence-electron chi connectivity index (χ2n) is 6.04. The minimum absolute atomic E-state index is 0.101. The fourth-order valence-corrected chi connectivity index (χ4v) is 2.32. The summed E-state index contributed by atoms with van der Waals surface area (Å²) < 4.78 is 17.0. The molecule has 0 saturated carbocycles. The average Bonchev–Trinajstić information content (AvgIpc) is 3.05. The van der Waals surface area contributed by atoms with Crippen LogP contribution in [0.2, 0.25) is 0 Å². The molecule has 0 unspecified atom stereocenters. The van der Waals surface area contributed by atoms with Crippen LogP contribution in [0.1, 0.15) is 19.4 Å². The predicted octanol–water partition coefficient (Wildman–Crippen LogP) is 2.05. The van der Waals surface area contributed by atoms with Gasteiger partial charge in [0.25, 0.3) is 5.79 Å². The van der Waals surface area contributed by atoms with Crippen molar-refractivity contribution >= 4 is 23.7 Å². The lowest BCUT2D eigenvalue weighted by Gasteiger charge is -2.29. The minimum Gasteiger partial charge on any atom is -0.471 e. The maximum atomic E-state index is 12.1. The summed E-state index contributed by atoms with van der Waals surface area (Å²) in [6.45, 7) is 2.82. The van der Waals surface area contributed by atoms with Crippen molar-refractivity contribution in [2.24, 2.45) is 0 Å². The minimum atomic E-state index is -1.32. The lowest BCUT2D eigenvalue weighted by molar-refractivity contribution is -0.385. The number of aromatic nitrogens is 2. The van der Waals surface area contributed by atoms with Crippen LogP contribution in [-0.2, 0) is 25.8 Å². The van der Waals surface area contributed by atoms with Crippen LogP contribution < -0.4 is 4.74 Å². The van der Waals surface area contributed by atoms with E-state index >= 15 is 0 Å². The molecule has 1 aromatic heterocycles. The van der Waals surface area contributed by atoms with E-state index < -0.39 is 22.6 Å². The van der Waals surface area contributed by atoms with Crippen molar-refractivity contribution in [2.75, 3.05) is 0 Å². The van der Waals surface area contributed by atoms with Gasteiger partial charge >= 0.3 is 17.6 Å². The highest BCUT2D eigenvalue weighted by atomic mass is 16.7. The predicted molar refractivity (Wildman–Crippen MR) is 90.2 cm³/mol. The molecule has 1 aliphatic heterocycles. The van der Waals surface area contributed by atoms with Gasteiger partial charge in [0.1, 0.15) is 23.7 Å². The van der Waals surface area contributed by atoms with Crippen LogP contribution in [0, 0.1) is 10.1 Å². The summed E-state index contributed by atoms with van der Waals surface area (Å²) >= 11 is 0. The lowest BCUT2D eigenvalue weighted by Crippen LogP contribution is -2.41. The Morgan fingerprint density at radius 2 is 1.93 bits per heavy atom. The molecule has 1 fully saturated rings. The van der Waals surface area contributed by atoms with Gasteiger partial charge in [-0.25, -0.2) is 14.3 Å². The summed E-state index contributed by atoms with van der Waals surface area (Å²) in [4.78, 5) is 34.3. The largest absolute Gasteiger partial charge is 0.471 e. The Kier molecular flexibility index (Phi) is 4.63. The monoisotopic (exact) mass is 373 g/mol. The summed E-state index contributed by atoms with van der Waals surface area (Å²) in [5.74, 6) is -2.58. The molecule has 0 radical (unpaired) electrons. The maximum absolute atomic E-state index is 12.1. The van der Waals surface area contributed by atoms with E-state index in [9.17, 15) is 19.7 Å². The van der Waals surface area contributed by atoms with Crippen LogP contribution in [0.3, 0.4) is 0 Å². The van der Waals surface area contributed by atoms with Gasteiger partial charge in [-0.05, 0) is 12.1 Å². The molecule has 3 rings (SSSR count). The molecule has 10 nitrogen and oxygen atoms in total. The molecule has 0 atom stereocenters. The summed E-state index contributed by atoms with van der Waals surface area (Å²) in [6.07, 6.45) is 3.63. The molecule has 2 heterocycles. The van der Waals surface area contributed by atoms with Gasteiger partial charge in [0.15, 0.2) is 6.73 Å². The van der Waals surface area contributed by atoms with Gasteiger partial charge in [-0.15, -0.1) is 0 Å². The number of hydrogen-bond acceptors (Lipinski definition) is 8. The number of nitro groups is 1. The summed E-state index contributed by atoms with van der Waals surface area (Å²) in [5.41, 5.74) is 0.00665. The topological polar surface area (TPSA) is 123 Å². The first-order valence-corrected chi connectivity index (χ1v) is 7.82. The molecule has 1 aromatic carbocycles. The third-order valence-corrected chi connectivity index (χ3v) is 3.52. The number of para-hydroxylation sites is 1. The Hall–Kier alpha value is -3.69. The highest BCUT2D eigenvalue weighted by Crippen LogP contribution is 2.27. The molecular weight excluding hydrogens is 358 g/mol. The standard InChI is InChI=1S/C17H15N3O7/c1-17(2)26-15(21)13(16(22)27-17)7-11-5-3-4-6-14(11)25-10-19-9-12(8-18-19)20(23)24/h3-9H,10H2,1-2H3. The van der Waals surface area contributed by atoms with Crippen LogP contribution in [-0.4, -0.2) is 32.4 Å². The zero-order chi connectivity index (χ0) is 19.6. The van der Waals surface area contributed by atoms with E-state index in [0.717, 1.165) is 6.20 Å². The van der Waals surface area contributed by atoms with Gasteiger partial charge < -0.3 is 14.2 Å². The summed E-state index contributed by atoms with van der Waals surface area (Å²) in [6, 6.07) is 6.65. The first kappa shape index (κ1) is 18.1. The van der Waals surface area contributed by atoms with E-state index in [2.05, 4.69) is 5.10 Å². The quantitative estimate of drug-likeness (QED) is 0.256. The van der Waals surface area contributed by atoms with Crippen LogP contribution in [0.5, 0.6) is 5.75 Å². The molecule has 1 saturated heterocycles. The van der Waals surface area contributed by atoms with E-state index in [1.807, 2.05) is 0 Å². The number of carbonyl (C=O) groups is 2. The molecule has 10 heteroatoms. The SMILES string of the molecule is CC1(C)OC(=O)C(=Cc2ccccc2OCn2cc([N+](=O)[O-])cn2)C(=O)O1. The number of benzene rings is 1. The Bertz CT molecular complexity index is 924. The molecule has 0 bridgehead atoms. The van der Waals surface area contributed by atoms with Crippen LogP contribution in [0.25, 0.3) is 6.08 Å². The summed E-state index contributed by atoms with van der Waals surface area (Å²) in [5, 5.41) is 14.5. The Balaban J connectivity index is 1.80. The van der Waals surface area contributed by atoms with Crippen molar-refractivity contribution in [2.45, 2.75) is 26.4 Å². The van der Waals surface area contributed by atoms with Gasteiger partial charge in [0.05, 0.1) is 4.92 Å². The lowest BCUT2D eigenvalue weighted by atomic mass is 10.1. The van der Waals surface area contributed by atoms with Gasteiger partial charge in [0.2, 0.25) is 0 Å². The van der Waals surface area contributed by atoms with Crippen LogP contribution in [0.4, 0.5) is 5.69 Å². The average molecular weight is 373 g/mol. The van der Waals surface area contributed by atoms with E-state index in [1.165, 1.54) is 30.8 Å². The highest BCUT2D eigenvalue weighted by Gasteiger charge is 2.38.